The van der Waals surface area contributed by atoms with Gasteiger partial charge in [0.2, 0.25) is 0 Å². The summed E-state index contributed by atoms with van der Waals surface area (Å²) in [6.07, 6.45) is 3.95. The molecule has 17 heavy (non-hydrogen) atoms. The molecule has 0 saturated carbocycles. The average molecular weight is 294 g/mol. The van der Waals surface area contributed by atoms with Gasteiger partial charge >= 0.3 is 108 Å². The molecule has 0 saturated heterocycles. The number of nitriles is 1. The van der Waals surface area contributed by atoms with Crippen LogP contribution in [0.3, 0.4) is 0 Å². The van der Waals surface area contributed by atoms with E-state index in [4.69, 9.17) is 10.00 Å². The molecule has 0 fully saturated rings. The van der Waals surface area contributed by atoms with Crippen molar-refractivity contribution in [2.75, 3.05) is 21.2 Å². The molecular weight excluding hydrogens is 279 g/mol. The molecule has 0 bridgehead atoms. The number of benzene rings is 1. The van der Waals surface area contributed by atoms with E-state index in [9.17, 15) is 0 Å². The van der Waals surface area contributed by atoms with Crippen molar-refractivity contribution in [1.29, 1.82) is 5.26 Å². The summed E-state index contributed by atoms with van der Waals surface area (Å²) in [5.74, 6) is 0.828. The predicted octanol–water partition coefficient (Wildman–Crippen LogP) is 1.56. The van der Waals surface area contributed by atoms with Crippen LogP contribution in [0, 0.1) is 10.2 Å². The number of ether oxygens (including phenoxy) is 1. The second-order valence-corrected chi connectivity index (χ2v) is 5.30. The van der Waals surface area contributed by atoms with Gasteiger partial charge in [-0.15, -0.1) is 0 Å². The zero-order valence-electron chi connectivity index (χ0n) is 10.2. The van der Waals surface area contributed by atoms with E-state index in [0.717, 1.165) is 15.8 Å². The van der Waals surface area contributed by atoms with Crippen molar-refractivity contribution >= 4 is 25.6 Å². The van der Waals surface area contributed by atoms with Crippen molar-refractivity contribution in [3.8, 4) is 10.7 Å². The van der Waals surface area contributed by atoms with Crippen molar-refractivity contribution < 1.29 is 9.31 Å². The summed E-state index contributed by atoms with van der Waals surface area (Å²) in [4.78, 5) is 2.24. The van der Waals surface area contributed by atoms with E-state index in [-0.39, 0.29) is 15.0 Å². The van der Waals surface area contributed by atoms with Gasteiger partial charge in [0.1, 0.15) is 0 Å². The fourth-order valence-electron chi connectivity index (χ4n) is 1.21. The molecule has 0 amide bonds. The van der Waals surface area contributed by atoms with Crippen LogP contribution in [-0.4, -0.2) is 47.0 Å². The van der Waals surface area contributed by atoms with Crippen LogP contribution < -0.4 is 4.74 Å². The molecule has 0 N–H and O–H groups in total. The van der Waals surface area contributed by atoms with Crippen LogP contribution in [0.15, 0.2) is 30.3 Å². The van der Waals surface area contributed by atoms with Crippen LogP contribution in [0.5, 0.6) is 5.75 Å². The fraction of sp³-hybridized carbons (Fsp3) is 0.231. The number of hydrogen-bond donors (Lipinski definition) is 0. The van der Waals surface area contributed by atoms with Gasteiger partial charge in [0.05, 0.1) is 0 Å². The van der Waals surface area contributed by atoms with E-state index in [1.54, 1.807) is 7.11 Å². The first-order valence-electron chi connectivity index (χ1n) is 5.09. The van der Waals surface area contributed by atoms with Gasteiger partial charge in [-0.2, -0.15) is 0 Å². The number of rotatable bonds is 4. The van der Waals surface area contributed by atoms with Crippen LogP contribution >= 0.6 is 0 Å². The molecule has 0 radical (unpaired) electrons. The van der Waals surface area contributed by atoms with Gasteiger partial charge in [-0.05, 0) is 0 Å². The summed E-state index contributed by atoms with van der Waals surface area (Å²) >= 11 is -0.166. The maximum absolute atomic E-state index is 8.85. The summed E-state index contributed by atoms with van der Waals surface area (Å²) in [5.41, 5.74) is 1.07. The van der Waals surface area contributed by atoms with E-state index in [0.29, 0.717) is 0 Å². The molecule has 1 aromatic carbocycles. The molecule has 1 aromatic rings. The number of hydrogen-bond acceptors (Lipinski definition) is 2. The standard InChI is InChI=1S/C13H15N2OSe/c1-15(2)9-8-13(17-10-14)11-4-6-12(16-3)7-5-11/h4-9H,1-3H3/q+1/b13-8-. The second-order valence-electron chi connectivity index (χ2n) is 3.57. The fourth-order valence-corrected chi connectivity index (χ4v) is 2.22. The topological polar surface area (TPSA) is 36.0 Å². The Balaban J connectivity index is 3.02. The zero-order chi connectivity index (χ0) is 12.7. The monoisotopic (exact) mass is 295 g/mol. The SMILES string of the molecule is COc1ccc(/C(=C/C=[N+](C)C)[Se]C#N)cc1. The molecule has 4 heteroatoms. The van der Waals surface area contributed by atoms with Crippen LogP contribution in [0.25, 0.3) is 4.47 Å². The van der Waals surface area contributed by atoms with E-state index >= 15 is 0 Å². The predicted molar refractivity (Wildman–Crippen MR) is 70.5 cm³/mol. The summed E-state index contributed by atoms with van der Waals surface area (Å²) < 4.78 is 8.13. The Morgan fingerprint density at radius 2 is 2.00 bits per heavy atom. The van der Waals surface area contributed by atoms with Crippen LogP contribution in [0.1, 0.15) is 5.56 Å². The molecule has 0 aromatic heterocycles. The molecule has 0 atom stereocenters. The Morgan fingerprint density at radius 1 is 1.35 bits per heavy atom. The Hall–Kier alpha value is -1.56. The van der Waals surface area contributed by atoms with Gasteiger partial charge in [-0.3, -0.25) is 0 Å². The maximum atomic E-state index is 8.85. The zero-order valence-corrected chi connectivity index (χ0v) is 11.9. The summed E-state index contributed by atoms with van der Waals surface area (Å²) in [6, 6.07) is 7.78. The third-order valence-corrected chi connectivity index (χ3v) is 3.49. The quantitative estimate of drug-likeness (QED) is 0.480. The summed E-state index contributed by atoms with van der Waals surface area (Å²) in [6.45, 7) is 0. The molecule has 0 aliphatic carbocycles. The Kier molecular flexibility index (Phi) is 5.48. The van der Waals surface area contributed by atoms with E-state index < -0.39 is 0 Å². The van der Waals surface area contributed by atoms with Crippen LogP contribution in [0.2, 0.25) is 0 Å². The van der Waals surface area contributed by atoms with Gasteiger partial charge in [0, 0.05) is 0 Å². The normalized spacial score (nSPS) is 10.6. The first kappa shape index (κ1) is 13.5. The molecule has 0 aliphatic heterocycles. The van der Waals surface area contributed by atoms with Gasteiger partial charge in [-0.25, -0.2) is 0 Å². The third kappa shape index (κ3) is 4.44. The van der Waals surface area contributed by atoms with Gasteiger partial charge in [-0.1, -0.05) is 0 Å². The second kappa shape index (κ2) is 6.90. The van der Waals surface area contributed by atoms with Crippen LogP contribution in [0.4, 0.5) is 0 Å². The number of allylic oxidation sites excluding steroid dienone is 1. The molecule has 0 unspecified atom stereocenters. The molecule has 0 heterocycles. The molecule has 0 spiro atoms. The summed E-state index contributed by atoms with van der Waals surface area (Å²) in [7, 11) is 5.56. The van der Waals surface area contributed by atoms with E-state index in [2.05, 4.69) is 4.97 Å². The molecular formula is C13H15N2OSe+. The Labute approximate surface area is 108 Å². The van der Waals surface area contributed by atoms with Gasteiger partial charge < -0.3 is 0 Å². The average Bonchev–Trinajstić information content (AvgIpc) is 2.34. The minimum absolute atomic E-state index is 0.166. The first-order chi connectivity index (χ1) is 8.17. The molecule has 88 valence electrons. The van der Waals surface area contributed by atoms with Crippen molar-refractivity contribution in [1.82, 2.24) is 0 Å². The molecule has 3 nitrogen and oxygen atoms in total. The van der Waals surface area contributed by atoms with Gasteiger partial charge in [0.25, 0.3) is 0 Å². The van der Waals surface area contributed by atoms with Crippen molar-refractivity contribution in [3.63, 3.8) is 0 Å². The minimum atomic E-state index is -0.166. The van der Waals surface area contributed by atoms with E-state index in [1.807, 2.05) is 55.2 Å². The van der Waals surface area contributed by atoms with Crippen LogP contribution in [-0.2, 0) is 0 Å². The van der Waals surface area contributed by atoms with Crippen molar-refractivity contribution in [2.45, 2.75) is 0 Å². The number of nitrogens with zero attached hydrogens (tertiary/aromatic N) is 2. The first-order valence-corrected chi connectivity index (χ1v) is 6.80. The molecule has 0 aliphatic rings. The molecule has 1 rings (SSSR count). The Morgan fingerprint density at radius 3 is 2.47 bits per heavy atom. The van der Waals surface area contributed by atoms with Crippen molar-refractivity contribution in [3.05, 3.63) is 35.9 Å². The van der Waals surface area contributed by atoms with Crippen molar-refractivity contribution in [2.24, 2.45) is 0 Å². The Bertz CT molecular complexity index is 465. The number of methoxy groups -OCH3 is 1. The third-order valence-electron chi connectivity index (χ3n) is 2.05. The van der Waals surface area contributed by atoms with E-state index in [1.165, 1.54) is 0 Å². The summed E-state index contributed by atoms with van der Waals surface area (Å²) in [5, 5.41) is 8.85. The van der Waals surface area contributed by atoms with Gasteiger partial charge in [0.15, 0.2) is 0 Å².